The first-order valence-corrected chi connectivity index (χ1v) is 6.92. The van der Waals surface area contributed by atoms with Gasteiger partial charge in [-0.1, -0.05) is 12.1 Å². The zero-order valence-electron chi connectivity index (χ0n) is 12.6. The second kappa shape index (κ2) is 7.69. The first-order valence-electron chi connectivity index (χ1n) is 6.92. The molecular weight excluding hydrogens is 325 g/mol. The summed E-state index contributed by atoms with van der Waals surface area (Å²) in [4.78, 5) is 11.7. The van der Waals surface area contributed by atoms with Crippen LogP contribution in [-0.4, -0.2) is 24.8 Å². The summed E-state index contributed by atoms with van der Waals surface area (Å²) in [7, 11) is 1.48. The summed E-state index contributed by atoms with van der Waals surface area (Å²) in [6.07, 6.45) is -1.03. The van der Waals surface area contributed by atoms with Crippen molar-refractivity contribution in [3.63, 3.8) is 0 Å². The van der Waals surface area contributed by atoms with Crippen molar-refractivity contribution in [3.8, 4) is 5.75 Å². The van der Waals surface area contributed by atoms with E-state index in [9.17, 15) is 23.1 Å². The lowest BCUT2D eigenvalue weighted by atomic mass is 10.1. The van der Waals surface area contributed by atoms with Gasteiger partial charge in [0, 0.05) is 18.7 Å². The van der Waals surface area contributed by atoms with Crippen molar-refractivity contribution >= 4 is 11.7 Å². The predicted octanol–water partition coefficient (Wildman–Crippen LogP) is 2.97. The number of halogens is 3. The molecule has 0 fully saturated rings. The lowest BCUT2D eigenvalue weighted by molar-refractivity contribution is 0.174. The van der Waals surface area contributed by atoms with Crippen LogP contribution in [0.2, 0.25) is 0 Å². The van der Waals surface area contributed by atoms with Gasteiger partial charge >= 0.3 is 6.03 Å². The molecule has 0 saturated carbocycles. The molecule has 0 spiro atoms. The SMILES string of the molecule is COc1cccc(C(O)CNC(=O)Nc2cc(F)c(F)cc2F)c1. The van der Waals surface area contributed by atoms with E-state index in [1.807, 2.05) is 5.32 Å². The second-order valence-corrected chi connectivity index (χ2v) is 4.87. The van der Waals surface area contributed by atoms with Crippen LogP contribution in [0.5, 0.6) is 5.75 Å². The Morgan fingerprint density at radius 2 is 1.88 bits per heavy atom. The van der Waals surface area contributed by atoms with Gasteiger partial charge in [0.25, 0.3) is 0 Å². The minimum Gasteiger partial charge on any atom is -0.497 e. The van der Waals surface area contributed by atoms with Gasteiger partial charge in [-0.2, -0.15) is 0 Å². The highest BCUT2D eigenvalue weighted by molar-refractivity contribution is 5.89. The standard InChI is InChI=1S/C16H15F3N2O3/c1-24-10-4-2-3-9(5-10)15(22)8-20-16(23)21-14-7-12(18)11(17)6-13(14)19/h2-7,15,22H,8H2,1H3,(H2,20,21,23). The topological polar surface area (TPSA) is 70.6 Å². The zero-order valence-corrected chi connectivity index (χ0v) is 12.6. The van der Waals surface area contributed by atoms with Crippen molar-refractivity contribution in [2.45, 2.75) is 6.10 Å². The third kappa shape index (κ3) is 4.39. The number of aliphatic hydroxyl groups excluding tert-OH is 1. The first-order chi connectivity index (χ1) is 11.4. The normalized spacial score (nSPS) is 11.7. The predicted molar refractivity (Wildman–Crippen MR) is 81.3 cm³/mol. The summed E-state index contributed by atoms with van der Waals surface area (Å²) >= 11 is 0. The highest BCUT2D eigenvalue weighted by atomic mass is 19.2. The molecule has 24 heavy (non-hydrogen) atoms. The second-order valence-electron chi connectivity index (χ2n) is 4.87. The van der Waals surface area contributed by atoms with Gasteiger partial charge in [-0.25, -0.2) is 18.0 Å². The third-order valence-electron chi connectivity index (χ3n) is 3.19. The van der Waals surface area contributed by atoms with Crippen molar-refractivity contribution in [2.75, 3.05) is 19.0 Å². The van der Waals surface area contributed by atoms with E-state index in [0.29, 0.717) is 23.4 Å². The van der Waals surface area contributed by atoms with Gasteiger partial charge in [0.2, 0.25) is 0 Å². The van der Waals surface area contributed by atoms with Crippen molar-refractivity contribution in [2.24, 2.45) is 0 Å². The quantitative estimate of drug-likeness (QED) is 0.733. The molecule has 1 unspecified atom stereocenters. The molecule has 0 aliphatic rings. The largest absolute Gasteiger partial charge is 0.497 e. The number of urea groups is 1. The zero-order chi connectivity index (χ0) is 17.7. The van der Waals surface area contributed by atoms with Crippen LogP contribution < -0.4 is 15.4 Å². The van der Waals surface area contributed by atoms with Crippen LogP contribution in [0.3, 0.4) is 0 Å². The smallest absolute Gasteiger partial charge is 0.319 e. The number of carbonyl (C=O) groups is 1. The van der Waals surface area contributed by atoms with E-state index in [-0.39, 0.29) is 6.54 Å². The Labute approximate surface area is 136 Å². The molecule has 0 radical (unpaired) electrons. The summed E-state index contributed by atoms with van der Waals surface area (Å²) in [5, 5.41) is 14.4. The Bertz CT molecular complexity index is 741. The molecule has 0 aliphatic heterocycles. The lowest BCUT2D eigenvalue weighted by Crippen LogP contribution is -2.32. The van der Waals surface area contributed by atoms with Crippen LogP contribution >= 0.6 is 0 Å². The molecule has 0 bridgehead atoms. The number of rotatable bonds is 5. The summed E-state index contributed by atoms with van der Waals surface area (Å²) in [6, 6.07) is 6.60. The number of nitrogens with one attached hydrogen (secondary N) is 2. The van der Waals surface area contributed by atoms with Gasteiger partial charge < -0.3 is 20.5 Å². The number of hydrogen-bond acceptors (Lipinski definition) is 3. The maximum atomic E-state index is 13.4. The number of aliphatic hydroxyl groups is 1. The number of anilines is 1. The van der Waals surface area contributed by atoms with Gasteiger partial charge in [0.1, 0.15) is 11.6 Å². The van der Waals surface area contributed by atoms with Crippen LogP contribution in [-0.2, 0) is 0 Å². The fourth-order valence-corrected chi connectivity index (χ4v) is 1.94. The van der Waals surface area contributed by atoms with Crippen LogP contribution in [0.4, 0.5) is 23.7 Å². The first kappa shape index (κ1) is 17.6. The molecule has 2 aromatic rings. The molecule has 0 aliphatic carbocycles. The van der Waals surface area contributed by atoms with Crippen molar-refractivity contribution < 1.29 is 27.8 Å². The molecule has 8 heteroatoms. The van der Waals surface area contributed by atoms with Crippen molar-refractivity contribution in [1.82, 2.24) is 5.32 Å². The van der Waals surface area contributed by atoms with E-state index in [2.05, 4.69) is 5.32 Å². The summed E-state index contributed by atoms with van der Waals surface area (Å²) < 4.78 is 44.3. The Hall–Kier alpha value is -2.74. The highest BCUT2D eigenvalue weighted by Gasteiger charge is 2.14. The third-order valence-corrected chi connectivity index (χ3v) is 3.19. The Morgan fingerprint density at radius 3 is 2.58 bits per heavy atom. The molecule has 2 aromatic carbocycles. The maximum absolute atomic E-state index is 13.4. The molecule has 128 valence electrons. The van der Waals surface area contributed by atoms with E-state index in [1.54, 1.807) is 24.3 Å². The Kier molecular flexibility index (Phi) is 5.64. The summed E-state index contributed by atoms with van der Waals surface area (Å²) in [5.41, 5.74) is -0.00377. The average molecular weight is 340 g/mol. The van der Waals surface area contributed by atoms with E-state index >= 15 is 0 Å². The molecule has 2 rings (SSSR count). The number of benzene rings is 2. The molecule has 0 saturated heterocycles. The Balaban J connectivity index is 1.94. The van der Waals surface area contributed by atoms with Crippen LogP contribution in [0.1, 0.15) is 11.7 Å². The molecule has 3 N–H and O–H groups in total. The summed E-state index contributed by atoms with van der Waals surface area (Å²) in [6.45, 7) is -0.176. The molecule has 0 aromatic heterocycles. The Morgan fingerprint density at radius 1 is 1.17 bits per heavy atom. The number of amides is 2. The molecule has 1 atom stereocenters. The van der Waals surface area contributed by atoms with Gasteiger partial charge in [0.05, 0.1) is 18.9 Å². The maximum Gasteiger partial charge on any atom is 0.319 e. The van der Waals surface area contributed by atoms with E-state index in [1.165, 1.54) is 7.11 Å². The minimum absolute atomic E-state index is 0.176. The number of hydrogen-bond donors (Lipinski definition) is 3. The van der Waals surface area contributed by atoms with E-state index in [4.69, 9.17) is 4.74 Å². The molecular formula is C16H15F3N2O3. The highest BCUT2D eigenvalue weighted by Crippen LogP contribution is 2.19. The van der Waals surface area contributed by atoms with Crippen LogP contribution in [0, 0.1) is 17.5 Å². The molecule has 5 nitrogen and oxygen atoms in total. The number of ether oxygens (including phenoxy) is 1. The van der Waals surface area contributed by atoms with Gasteiger partial charge in [-0.05, 0) is 17.7 Å². The molecule has 0 heterocycles. The van der Waals surface area contributed by atoms with E-state index in [0.717, 1.165) is 0 Å². The van der Waals surface area contributed by atoms with Gasteiger partial charge in [-0.15, -0.1) is 0 Å². The van der Waals surface area contributed by atoms with Crippen molar-refractivity contribution in [1.29, 1.82) is 0 Å². The number of methoxy groups -OCH3 is 1. The minimum atomic E-state index is -1.35. The van der Waals surface area contributed by atoms with E-state index < -0.39 is 35.3 Å². The summed E-state index contributed by atoms with van der Waals surface area (Å²) in [5.74, 6) is -3.22. The van der Waals surface area contributed by atoms with Gasteiger partial charge in [-0.3, -0.25) is 0 Å². The van der Waals surface area contributed by atoms with Crippen LogP contribution in [0.15, 0.2) is 36.4 Å². The monoisotopic (exact) mass is 340 g/mol. The average Bonchev–Trinajstić information content (AvgIpc) is 2.57. The number of carbonyl (C=O) groups excluding carboxylic acids is 1. The molecule has 2 amide bonds. The lowest BCUT2D eigenvalue weighted by Gasteiger charge is -2.14. The fraction of sp³-hybridized carbons (Fsp3) is 0.188. The van der Waals surface area contributed by atoms with Gasteiger partial charge in [0.15, 0.2) is 11.6 Å². The van der Waals surface area contributed by atoms with Crippen molar-refractivity contribution in [3.05, 3.63) is 59.4 Å². The van der Waals surface area contributed by atoms with Crippen LogP contribution in [0.25, 0.3) is 0 Å². The fourth-order valence-electron chi connectivity index (χ4n) is 1.94.